The first-order chi connectivity index (χ1) is 9.19. The van der Waals surface area contributed by atoms with E-state index in [1.165, 1.54) is 5.56 Å². The van der Waals surface area contributed by atoms with Gasteiger partial charge in [0.05, 0.1) is 20.8 Å². The molecule has 1 aliphatic rings. The van der Waals surface area contributed by atoms with Gasteiger partial charge in [-0.1, -0.05) is 6.07 Å². The molecule has 1 aromatic carbocycles. The monoisotopic (exact) mass is 264 g/mol. The third-order valence-electron chi connectivity index (χ3n) is 3.49. The molecule has 1 fully saturated rings. The van der Waals surface area contributed by atoms with Gasteiger partial charge in [-0.05, 0) is 42.9 Å². The van der Waals surface area contributed by atoms with Gasteiger partial charge in [0.25, 0.3) is 0 Å². The Balaban J connectivity index is 1.99. The molecule has 0 bridgehead atoms. The number of hydrogen-bond donors (Lipinski definition) is 0. The summed E-state index contributed by atoms with van der Waals surface area (Å²) in [4.78, 5) is 11.4. The molecule has 104 valence electrons. The van der Waals surface area contributed by atoms with Gasteiger partial charge >= 0.3 is 5.97 Å². The van der Waals surface area contributed by atoms with E-state index in [1.807, 2.05) is 25.1 Å². The highest BCUT2D eigenvalue weighted by molar-refractivity contribution is 5.70. The van der Waals surface area contributed by atoms with E-state index in [1.54, 1.807) is 14.2 Å². The molecule has 0 aliphatic heterocycles. The topological polar surface area (TPSA) is 44.8 Å². The van der Waals surface area contributed by atoms with Crippen molar-refractivity contribution < 1.29 is 19.0 Å². The molecular weight excluding hydrogens is 244 g/mol. The zero-order valence-corrected chi connectivity index (χ0v) is 11.6. The van der Waals surface area contributed by atoms with Crippen LogP contribution >= 0.6 is 0 Å². The van der Waals surface area contributed by atoms with E-state index in [4.69, 9.17) is 14.2 Å². The van der Waals surface area contributed by atoms with Gasteiger partial charge in [0.15, 0.2) is 11.5 Å². The maximum atomic E-state index is 11.4. The van der Waals surface area contributed by atoms with E-state index in [2.05, 4.69) is 0 Å². The summed E-state index contributed by atoms with van der Waals surface area (Å²) in [5, 5.41) is 0. The molecule has 0 spiro atoms. The lowest BCUT2D eigenvalue weighted by molar-refractivity contribution is -0.143. The maximum absolute atomic E-state index is 11.4. The molecule has 0 aromatic heterocycles. The van der Waals surface area contributed by atoms with Crippen LogP contribution < -0.4 is 9.47 Å². The van der Waals surface area contributed by atoms with Crippen LogP contribution in [0.1, 0.15) is 31.2 Å². The first-order valence-corrected chi connectivity index (χ1v) is 6.57. The molecule has 19 heavy (non-hydrogen) atoms. The van der Waals surface area contributed by atoms with Crippen molar-refractivity contribution in [2.24, 2.45) is 5.92 Å². The molecule has 4 nitrogen and oxygen atoms in total. The predicted octanol–water partition coefficient (Wildman–Crippen LogP) is 2.76. The number of carbonyl (C=O) groups excluding carboxylic acids is 1. The fraction of sp³-hybridized carbons (Fsp3) is 0.533. The molecule has 1 aromatic rings. The van der Waals surface area contributed by atoms with Gasteiger partial charge in [-0.15, -0.1) is 0 Å². The van der Waals surface area contributed by atoms with Gasteiger partial charge in [-0.3, -0.25) is 4.79 Å². The fourth-order valence-electron chi connectivity index (χ4n) is 2.40. The average molecular weight is 264 g/mol. The molecule has 0 amide bonds. The predicted molar refractivity (Wildman–Crippen MR) is 71.6 cm³/mol. The van der Waals surface area contributed by atoms with Crippen molar-refractivity contribution in [1.82, 2.24) is 0 Å². The third-order valence-corrected chi connectivity index (χ3v) is 3.49. The molecule has 0 heterocycles. The highest BCUT2D eigenvalue weighted by Gasteiger charge is 2.40. The molecule has 2 atom stereocenters. The van der Waals surface area contributed by atoms with Gasteiger partial charge < -0.3 is 14.2 Å². The molecule has 4 heteroatoms. The number of esters is 1. The Bertz CT molecular complexity index is 455. The number of hydrogen-bond acceptors (Lipinski definition) is 4. The van der Waals surface area contributed by atoms with Crippen LogP contribution in [-0.4, -0.2) is 26.8 Å². The summed E-state index contributed by atoms with van der Waals surface area (Å²) < 4.78 is 15.5. The lowest BCUT2D eigenvalue weighted by atomic mass is 10.1. The highest BCUT2D eigenvalue weighted by atomic mass is 16.5. The second-order valence-electron chi connectivity index (χ2n) is 4.73. The normalized spacial score (nSPS) is 20.8. The minimum Gasteiger partial charge on any atom is -0.493 e. The van der Waals surface area contributed by atoms with Crippen LogP contribution in [0.3, 0.4) is 0 Å². The Morgan fingerprint density at radius 1 is 1.26 bits per heavy atom. The summed E-state index contributed by atoms with van der Waals surface area (Å²) in [5.74, 6) is 2.20. The lowest BCUT2D eigenvalue weighted by Crippen LogP contribution is -2.05. The first-order valence-electron chi connectivity index (χ1n) is 6.57. The van der Waals surface area contributed by atoms with Crippen molar-refractivity contribution in [2.75, 3.05) is 20.8 Å². The fourth-order valence-corrected chi connectivity index (χ4v) is 2.40. The smallest absolute Gasteiger partial charge is 0.306 e. The average Bonchev–Trinajstić information content (AvgIpc) is 3.17. The van der Waals surface area contributed by atoms with E-state index >= 15 is 0 Å². The first kappa shape index (κ1) is 13.7. The van der Waals surface area contributed by atoms with E-state index in [9.17, 15) is 4.79 Å². The summed E-state index contributed by atoms with van der Waals surface area (Å²) >= 11 is 0. The van der Waals surface area contributed by atoms with Gasteiger partial charge in [-0.2, -0.15) is 0 Å². The van der Waals surface area contributed by atoms with Gasteiger partial charge in [-0.25, -0.2) is 0 Å². The highest BCUT2D eigenvalue weighted by Crippen LogP contribution is 2.50. The number of carbonyl (C=O) groups is 1. The Labute approximate surface area is 113 Å². The molecule has 0 N–H and O–H groups in total. The van der Waals surface area contributed by atoms with Crippen molar-refractivity contribution in [2.45, 2.75) is 25.7 Å². The zero-order valence-electron chi connectivity index (χ0n) is 11.6. The summed E-state index contributed by atoms with van der Waals surface area (Å²) in [5.41, 5.74) is 1.20. The second-order valence-corrected chi connectivity index (χ2v) is 4.73. The summed E-state index contributed by atoms with van der Waals surface area (Å²) in [6.45, 7) is 2.28. The minimum atomic E-state index is -0.101. The molecule has 0 saturated heterocycles. The Kier molecular flexibility index (Phi) is 4.30. The van der Waals surface area contributed by atoms with Crippen LogP contribution in [0.15, 0.2) is 18.2 Å². The van der Waals surface area contributed by atoms with Crippen LogP contribution in [-0.2, 0) is 9.53 Å². The number of benzene rings is 1. The zero-order chi connectivity index (χ0) is 13.8. The van der Waals surface area contributed by atoms with Crippen molar-refractivity contribution in [3.63, 3.8) is 0 Å². The standard InChI is InChI=1S/C15H20O4/c1-4-19-15(16)9-11-7-12(11)10-5-6-13(17-2)14(8-10)18-3/h5-6,8,11-12H,4,7,9H2,1-3H3. The Morgan fingerprint density at radius 2 is 2.00 bits per heavy atom. The van der Waals surface area contributed by atoms with Crippen LogP contribution in [0.4, 0.5) is 0 Å². The van der Waals surface area contributed by atoms with Crippen molar-refractivity contribution in [1.29, 1.82) is 0 Å². The molecule has 0 radical (unpaired) electrons. The summed E-state index contributed by atoms with van der Waals surface area (Å²) in [6.07, 6.45) is 1.54. The SMILES string of the molecule is CCOC(=O)CC1CC1c1ccc(OC)c(OC)c1. The summed E-state index contributed by atoms with van der Waals surface area (Å²) in [7, 11) is 3.25. The van der Waals surface area contributed by atoms with E-state index in [0.717, 1.165) is 17.9 Å². The third kappa shape index (κ3) is 3.19. The molecule has 1 saturated carbocycles. The quantitative estimate of drug-likeness (QED) is 0.741. The number of methoxy groups -OCH3 is 2. The Morgan fingerprint density at radius 3 is 2.63 bits per heavy atom. The van der Waals surface area contributed by atoms with Crippen molar-refractivity contribution in [3.8, 4) is 11.5 Å². The van der Waals surface area contributed by atoms with Crippen LogP contribution in [0.25, 0.3) is 0 Å². The molecule has 2 unspecified atom stereocenters. The maximum Gasteiger partial charge on any atom is 0.306 e. The van der Waals surface area contributed by atoms with Crippen LogP contribution in [0, 0.1) is 5.92 Å². The Hall–Kier alpha value is -1.71. The van der Waals surface area contributed by atoms with Gasteiger partial charge in [0.2, 0.25) is 0 Å². The van der Waals surface area contributed by atoms with E-state index in [0.29, 0.717) is 24.9 Å². The van der Waals surface area contributed by atoms with E-state index in [-0.39, 0.29) is 5.97 Å². The molecule has 2 rings (SSSR count). The van der Waals surface area contributed by atoms with Gasteiger partial charge in [0, 0.05) is 6.42 Å². The lowest BCUT2D eigenvalue weighted by Gasteiger charge is -2.09. The van der Waals surface area contributed by atoms with Crippen molar-refractivity contribution in [3.05, 3.63) is 23.8 Å². The van der Waals surface area contributed by atoms with Crippen LogP contribution in [0.2, 0.25) is 0 Å². The molecular formula is C15H20O4. The van der Waals surface area contributed by atoms with Crippen molar-refractivity contribution >= 4 is 5.97 Å². The summed E-state index contributed by atoms with van der Waals surface area (Å²) in [6, 6.07) is 5.94. The molecule has 1 aliphatic carbocycles. The van der Waals surface area contributed by atoms with Crippen LogP contribution in [0.5, 0.6) is 11.5 Å². The van der Waals surface area contributed by atoms with Gasteiger partial charge in [0.1, 0.15) is 0 Å². The largest absolute Gasteiger partial charge is 0.493 e. The number of ether oxygens (including phenoxy) is 3. The van der Waals surface area contributed by atoms with E-state index < -0.39 is 0 Å². The second kappa shape index (κ2) is 5.95. The minimum absolute atomic E-state index is 0.101. The number of rotatable bonds is 6.